The maximum Gasteiger partial charge on any atom is 0.313 e. The number of nitrogens with zero attached hydrogens (tertiary/aromatic N) is 3. The largest absolute Gasteiger partial charge is 0.481 e. The van der Waals surface area contributed by atoms with Gasteiger partial charge in [-0.05, 0) is 18.8 Å². The van der Waals surface area contributed by atoms with Gasteiger partial charge in [0.05, 0.1) is 5.75 Å². The summed E-state index contributed by atoms with van der Waals surface area (Å²) in [4.78, 5) is 10.5. The van der Waals surface area contributed by atoms with E-state index in [1.54, 1.807) is 6.33 Å². The van der Waals surface area contributed by atoms with Crippen LogP contribution in [0.25, 0.3) is 0 Å². The van der Waals surface area contributed by atoms with Gasteiger partial charge < -0.3 is 9.67 Å². The number of rotatable bonds is 5. The maximum absolute atomic E-state index is 10.5. The summed E-state index contributed by atoms with van der Waals surface area (Å²) in [5.41, 5.74) is 0. The second-order valence-electron chi connectivity index (χ2n) is 4.45. The molecule has 0 saturated heterocycles. The molecular formula is C11H17N3O2S. The maximum atomic E-state index is 10.5. The summed E-state index contributed by atoms with van der Waals surface area (Å²) in [6, 6.07) is 0. The topological polar surface area (TPSA) is 68.0 Å². The average Bonchev–Trinajstić information content (AvgIpc) is 2.75. The van der Waals surface area contributed by atoms with Gasteiger partial charge >= 0.3 is 5.97 Å². The molecule has 17 heavy (non-hydrogen) atoms. The average molecular weight is 255 g/mol. The van der Waals surface area contributed by atoms with Crippen molar-refractivity contribution in [2.24, 2.45) is 5.92 Å². The van der Waals surface area contributed by atoms with Crippen LogP contribution in [0.1, 0.15) is 32.1 Å². The van der Waals surface area contributed by atoms with E-state index in [0.29, 0.717) is 5.92 Å². The minimum Gasteiger partial charge on any atom is -0.481 e. The lowest BCUT2D eigenvalue weighted by Crippen LogP contribution is -2.14. The summed E-state index contributed by atoms with van der Waals surface area (Å²) in [6.45, 7) is 0.926. The van der Waals surface area contributed by atoms with E-state index in [1.807, 2.05) is 4.57 Å². The quantitative estimate of drug-likeness (QED) is 0.815. The number of carbonyl (C=O) groups is 1. The Labute approximate surface area is 105 Å². The fraction of sp³-hybridized carbons (Fsp3) is 0.727. The molecule has 1 saturated carbocycles. The predicted molar refractivity (Wildman–Crippen MR) is 65.0 cm³/mol. The summed E-state index contributed by atoms with van der Waals surface area (Å²) in [7, 11) is 0. The lowest BCUT2D eigenvalue weighted by Gasteiger charge is -2.22. The van der Waals surface area contributed by atoms with E-state index in [0.717, 1.165) is 11.7 Å². The summed E-state index contributed by atoms with van der Waals surface area (Å²) < 4.78 is 1.99. The van der Waals surface area contributed by atoms with Crippen molar-refractivity contribution in [2.75, 3.05) is 5.75 Å². The highest BCUT2D eigenvalue weighted by Gasteiger charge is 2.16. The first kappa shape index (κ1) is 12.4. The van der Waals surface area contributed by atoms with Crippen LogP contribution >= 0.6 is 11.8 Å². The van der Waals surface area contributed by atoms with E-state index in [1.165, 1.54) is 43.9 Å². The Morgan fingerprint density at radius 1 is 1.47 bits per heavy atom. The molecule has 1 aliphatic rings. The summed E-state index contributed by atoms with van der Waals surface area (Å²) in [6.07, 6.45) is 8.20. The van der Waals surface area contributed by atoms with Crippen molar-refractivity contribution >= 4 is 17.7 Å². The van der Waals surface area contributed by atoms with Crippen molar-refractivity contribution in [2.45, 2.75) is 43.8 Å². The number of thioether (sulfide) groups is 1. The van der Waals surface area contributed by atoms with Crippen LogP contribution in [0.4, 0.5) is 0 Å². The first-order chi connectivity index (χ1) is 8.25. The van der Waals surface area contributed by atoms with Gasteiger partial charge in [0, 0.05) is 6.54 Å². The van der Waals surface area contributed by atoms with Gasteiger partial charge in [0.25, 0.3) is 0 Å². The molecule has 0 aromatic carbocycles. The van der Waals surface area contributed by atoms with Crippen molar-refractivity contribution in [1.82, 2.24) is 14.8 Å². The highest BCUT2D eigenvalue weighted by Crippen LogP contribution is 2.26. The van der Waals surface area contributed by atoms with Gasteiger partial charge in [-0.2, -0.15) is 0 Å². The molecule has 0 radical (unpaired) electrons. The minimum atomic E-state index is -0.817. The van der Waals surface area contributed by atoms with Crippen molar-refractivity contribution in [3.05, 3.63) is 6.33 Å². The van der Waals surface area contributed by atoms with Crippen molar-refractivity contribution in [3.8, 4) is 0 Å². The number of aliphatic carboxylic acids is 1. The summed E-state index contributed by atoms with van der Waals surface area (Å²) in [5, 5.41) is 17.2. The second-order valence-corrected chi connectivity index (χ2v) is 5.39. The normalized spacial score (nSPS) is 17.2. The van der Waals surface area contributed by atoms with Gasteiger partial charge in [-0.15, -0.1) is 10.2 Å². The Balaban J connectivity index is 1.91. The second kappa shape index (κ2) is 6.05. The Hall–Kier alpha value is -1.04. The van der Waals surface area contributed by atoms with E-state index < -0.39 is 5.97 Å². The predicted octanol–water partition coefficient (Wildman–Crippen LogP) is 2.04. The van der Waals surface area contributed by atoms with E-state index >= 15 is 0 Å². The fourth-order valence-corrected chi connectivity index (χ4v) is 2.90. The zero-order chi connectivity index (χ0) is 12.1. The monoisotopic (exact) mass is 255 g/mol. The summed E-state index contributed by atoms with van der Waals surface area (Å²) in [5.74, 6) is -0.0743. The van der Waals surface area contributed by atoms with Gasteiger partial charge in [-0.3, -0.25) is 4.79 Å². The third-order valence-electron chi connectivity index (χ3n) is 3.08. The van der Waals surface area contributed by atoms with Gasteiger partial charge in [0.15, 0.2) is 5.16 Å². The van der Waals surface area contributed by atoms with Crippen molar-refractivity contribution in [3.63, 3.8) is 0 Å². The van der Waals surface area contributed by atoms with Gasteiger partial charge in [-0.25, -0.2) is 0 Å². The minimum absolute atomic E-state index is 0.0450. The molecule has 1 fully saturated rings. The number of hydrogen-bond acceptors (Lipinski definition) is 4. The molecule has 0 spiro atoms. The van der Waals surface area contributed by atoms with Crippen LogP contribution in [0, 0.1) is 5.92 Å². The van der Waals surface area contributed by atoms with Crippen LogP contribution in [-0.4, -0.2) is 31.6 Å². The van der Waals surface area contributed by atoms with Crippen LogP contribution in [0.2, 0.25) is 0 Å². The molecule has 0 amide bonds. The number of aromatic nitrogens is 3. The molecule has 0 unspecified atom stereocenters. The van der Waals surface area contributed by atoms with E-state index in [9.17, 15) is 4.79 Å². The molecule has 1 aromatic rings. The molecule has 1 aliphatic carbocycles. The molecule has 6 heteroatoms. The van der Waals surface area contributed by atoms with Crippen LogP contribution < -0.4 is 0 Å². The van der Waals surface area contributed by atoms with Crippen LogP contribution in [0.5, 0.6) is 0 Å². The third-order valence-corrected chi connectivity index (χ3v) is 4.05. The van der Waals surface area contributed by atoms with Crippen LogP contribution in [-0.2, 0) is 11.3 Å². The smallest absolute Gasteiger partial charge is 0.313 e. The SMILES string of the molecule is O=C(O)CSc1nncn1CC1CCCCC1. The standard InChI is InChI=1S/C11H17N3O2S/c15-10(16)7-17-11-13-12-8-14(11)6-9-4-2-1-3-5-9/h8-9H,1-7H2,(H,15,16). The van der Waals surface area contributed by atoms with Gasteiger partial charge in [0.1, 0.15) is 6.33 Å². The van der Waals surface area contributed by atoms with Crippen LogP contribution in [0.3, 0.4) is 0 Å². The zero-order valence-corrected chi connectivity index (χ0v) is 10.5. The Morgan fingerprint density at radius 2 is 2.24 bits per heavy atom. The van der Waals surface area contributed by atoms with Gasteiger partial charge in [-0.1, -0.05) is 31.0 Å². The Bertz CT molecular complexity index is 375. The number of hydrogen-bond donors (Lipinski definition) is 1. The molecule has 1 heterocycles. The van der Waals surface area contributed by atoms with E-state index in [2.05, 4.69) is 10.2 Å². The Morgan fingerprint density at radius 3 is 2.94 bits per heavy atom. The van der Waals surface area contributed by atoms with Crippen molar-refractivity contribution < 1.29 is 9.90 Å². The van der Waals surface area contributed by atoms with Crippen molar-refractivity contribution in [1.29, 1.82) is 0 Å². The molecule has 94 valence electrons. The van der Waals surface area contributed by atoms with Gasteiger partial charge in [0.2, 0.25) is 0 Å². The molecule has 1 aromatic heterocycles. The first-order valence-electron chi connectivity index (χ1n) is 5.98. The molecule has 0 bridgehead atoms. The Kier molecular flexibility index (Phi) is 4.42. The number of carboxylic acids is 1. The lowest BCUT2D eigenvalue weighted by molar-refractivity contribution is -0.133. The third kappa shape index (κ3) is 3.73. The molecule has 0 aliphatic heterocycles. The first-order valence-corrected chi connectivity index (χ1v) is 6.96. The fourth-order valence-electron chi connectivity index (χ4n) is 2.26. The van der Waals surface area contributed by atoms with E-state index in [4.69, 9.17) is 5.11 Å². The number of carboxylic acid groups (broad SMARTS) is 1. The molecule has 0 atom stereocenters. The van der Waals surface area contributed by atoms with Crippen LogP contribution in [0.15, 0.2) is 11.5 Å². The summed E-state index contributed by atoms with van der Waals surface area (Å²) >= 11 is 1.24. The van der Waals surface area contributed by atoms with E-state index in [-0.39, 0.29) is 5.75 Å². The highest BCUT2D eigenvalue weighted by molar-refractivity contribution is 7.99. The zero-order valence-electron chi connectivity index (χ0n) is 9.71. The lowest BCUT2D eigenvalue weighted by atomic mass is 9.89. The highest BCUT2D eigenvalue weighted by atomic mass is 32.2. The molecule has 1 N–H and O–H groups in total. The molecular weight excluding hydrogens is 238 g/mol. The molecule has 2 rings (SSSR count). The molecule has 5 nitrogen and oxygen atoms in total.